The summed E-state index contributed by atoms with van der Waals surface area (Å²) >= 11 is 3.51. The summed E-state index contributed by atoms with van der Waals surface area (Å²) < 4.78 is 1.23. The van der Waals surface area contributed by atoms with E-state index in [0.29, 0.717) is 0 Å². The number of halogens is 1. The summed E-state index contributed by atoms with van der Waals surface area (Å²) in [6.45, 7) is 2.22. The van der Waals surface area contributed by atoms with Crippen LogP contribution in [0.1, 0.15) is 55.7 Å². The molecule has 0 spiro atoms. The van der Waals surface area contributed by atoms with Gasteiger partial charge in [-0.3, -0.25) is 0 Å². The first-order chi connectivity index (χ1) is 13.6. The average molecular weight is 459 g/mol. The molecule has 0 amide bonds. The molecule has 2 aromatic rings. The summed E-state index contributed by atoms with van der Waals surface area (Å²) in [6, 6.07) is 13.0. The number of fused-ring (bicyclic) bond motifs is 2. The first-order valence-electron chi connectivity index (χ1n) is 10.4. The van der Waals surface area contributed by atoms with Gasteiger partial charge in [-0.1, -0.05) is 54.4 Å². The molecule has 2 saturated carbocycles. The molecular formula is C23H32BBrN2O2. The van der Waals surface area contributed by atoms with Crippen molar-refractivity contribution in [3.05, 3.63) is 57.6 Å². The SMILES string of the molecule is Brc1cccc2c1CCN2.C.OB(O)C1CC1.c1cc2c(c(C3CC3)c1)CCN2. The lowest BCUT2D eigenvalue weighted by atomic mass is 9.84. The molecule has 156 valence electrons. The summed E-state index contributed by atoms with van der Waals surface area (Å²) in [4.78, 5) is 0. The maximum Gasteiger partial charge on any atom is 0.454 e. The van der Waals surface area contributed by atoms with Crippen molar-refractivity contribution in [2.24, 2.45) is 0 Å². The number of rotatable bonds is 2. The Balaban J connectivity index is 0.000000129. The molecule has 2 aliphatic heterocycles. The van der Waals surface area contributed by atoms with Crippen molar-refractivity contribution in [3.8, 4) is 0 Å². The van der Waals surface area contributed by atoms with Crippen LogP contribution in [-0.4, -0.2) is 30.3 Å². The first-order valence-corrected chi connectivity index (χ1v) is 11.2. The highest BCUT2D eigenvalue weighted by Gasteiger charge is 2.33. The molecule has 2 aromatic carbocycles. The van der Waals surface area contributed by atoms with Gasteiger partial charge in [0.2, 0.25) is 0 Å². The van der Waals surface area contributed by atoms with Gasteiger partial charge in [0.05, 0.1) is 0 Å². The second-order valence-corrected chi connectivity index (χ2v) is 8.87. The van der Waals surface area contributed by atoms with Crippen LogP contribution in [0.15, 0.2) is 40.9 Å². The summed E-state index contributed by atoms with van der Waals surface area (Å²) in [6.07, 6.45) is 7.21. The molecule has 6 rings (SSSR count). The molecule has 6 heteroatoms. The van der Waals surface area contributed by atoms with Crippen molar-refractivity contribution >= 4 is 34.4 Å². The zero-order valence-corrected chi connectivity index (χ0v) is 17.7. The van der Waals surface area contributed by atoms with Gasteiger partial charge in [-0.2, -0.15) is 0 Å². The van der Waals surface area contributed by atoms with Crippen molar-refractivity contribution < 1.29 is 10.0 Å². The molecule has 0 unspecified atom stereocenters. The minimum absolute atomic E-state index is 0. The van der Waals surface area contributed by atoms with E-state index in [4.69, 9.17) is 10.0 Å². The highest BCUT2D eigenvalue weighted by atomic mass is 79.9. The standard InChI is InChI=1S/C11H13N.C8H8BrN.C3H7BO2.CH4/c1-2-9(8-4-5-8)10-6-7-12-11(10)3-1;9-7-2-1-3-8-6(7)4-5-10-8;5-4(6)3-1-2-3;/h1-3,8,12H,4-7H2;1-3,10H,4-5H2;3,5-6H,1-2H2;1H4. The predicted octanol–water partition coefficient (Wildman–Crippen LogP) is 5.21. The highest BCUT2D eigenvalue weighted by Crippen LogP contribution is 2.44. The Bertz CT molecular complexity index is 823. The van der Waals surface area contributed by atoms with E-state index in [1.165, 1.54) is 40.7 Å². The van der Waals surface area contributed by atoms with E-state index in [9.17, 15) is 0 Å². The Kier molecular flexibility index (Phi) is 7.66. The lowest BCUT2D eigenvalue weighted by Crippen LogP contribution is -2.09. The van der Waals surface area contributed by atoms with E-state index in [-0.39, 0.29) is 13.2 Å². The molecule has 29 heavy (non-hydrogen) atoms. The zero-order valence-electron chi connectivity index (χ0n) is 16.1. The quantitative estimate of drug-likeness (QED) is 0.466. The summed E-state index contributed by atoms with van der Waals surface area (Å²) in [7, 11) is -1.04. The molecule has 0 bridgehead atoms. The minimum atomic E-state index is -1.04. The Morgan fingerprint density at radius 2 is 1.41 bits per heavy atom. The van der Waals surface area contributed by atoms with Crippen LogP contribution in [0.2, 0.25) is 5.82 Å². The second-order valence-electron chi connectivity index (χ2n) is 8.02. The topological polar surface area (TPSA) is 64.5 Å². The highest BCUT2D eigenvalue weighted by molar-refractivity contribution is 9.10. The molecule has 2 fully saturated rings. The molecule has 0 saturated heterocycles. The van der Waals surface area contributed by atoms with E-state index in [0.717, 1.165) is 38.3 Å². The molecular weight excluding hydrogens is 427 g/mol. The van der Waals surface area contributed by atoms with E-state index >= 15 is 0 Å². The summed E-state index contributed by atoms with van der Waals surface area (Å²) in [5.74, 6) is 1.12. The minimum Gasteiger partial charge on any atom is -0.427 e. The number of hydrogen-bond donors (Lipinski definition) is 4. The second kappa shape index (κ2) is 10.0. The third-order valence-corrected chi connectivity index (χ3v) is 6.52. The molecule has 4 nitrogen and oxygen atoms in total. The zero-order chi connectivity index (χ0) is 19.5. The third kappa shape index (κ3) is 5.77. The fourth-order valence-electron chi connectivity index (χ4n) is 3.84. The smallest absolute Gasteiger partial charge is 0.427 e. The number of anilines is 2. The monoisotopic (exact) mass is 458 g/mol. The molecule has 0 radical (unpaired) electrons. The maximum atomic E-state index is 8.25. The predicted molar refractivity (Wildman–Crippen MR) is 127 cm³/mol. The molecule has 4 aliphatic rings. The Morgan fingerprint density at radius 3 is 1.93 bits per heavy atom. The van der Waals surface area contributed by atoms with Crippen molar-refractivity contribution in [2.75, 3.05) is 23.7 Å². The van der Waals surface area contributed by atoms with Crippen LogP contribution >= 0.6 is 15.9 Å². The molecule has 2 heterocycles. The van der Waals surface area contributed by atoms with Crippen molar-refractivity contribution in [1.29, 1.82) is 0 Å². The first kappa shape index (κ1) is 22.2. The number of benzene rings is 2. The van der Waals surface area contributed by atoms with Gasteiger partial charge in [0.15, 0.2) is 0 Å². The van der Waals surface area contributed by atoms with Crippen LogP contribution in [0, 0.1) is 0 Å². The molecule has 2 aliphatic carbocycles. The van der Waals surface area contributed by atoms with Crippen LogP contribution in [-0.2, 0) is 12.8 Å². The summed E-state index contributed by atoms with van der Waals surface area (Å²) in [5, 5.41) is 23.2. The van der Waals surface area contributed by atoms with Gasteiger partial charge in [-0.25, -0.2) is 0 Å². The lowest BCUT2D eigenvalue weighted by molar-refractivity contribution is 0.403. The van der Waals surface area contributed by atoms with Gasteiger partial charge in [0.25, 0.3) is 0 Å². The van der Waals surface area contributed by atoms with Crippen LogP contribution in [0.3, 0.4) is 0 Å². The van der Waals surface area contributed by atoms with E-state index in [1.54, 1.807) is 11.1 Å². The largest absolute Gasteiger partial charge is 0.454 e. The van der Waals surface area contributed by atoms with E-state index in [2.05, 4.69) is 63.0 Å². The number of nitrogens with one attached hydrogen (secondary N) is 2. The third-order valence-electron chi connectivity index (χ3n) is 5.77. The lowest BCUT2D eigenvalue weighted by Gasteiger charge is -2.05. The maximum absolute atomic E-state index is 8.25. The molecule has 0 atom stereocenters. The Hall–Kier alpha value is -1.50. The molecule has 0 aromatic heterocycles. The van der Waals surface area contributed by atoms with Crippen LogP contribution < -0.4 is 10.6 Å². The van der Waals surface area contributed by atoms with Gasteiger partial charge in [0, 0.05) is 28.9 Å². The molecule has 4 N–H and O–H groups in total. The van der Waals surface area contributed by atoms with Crippen LogP contribution in [0.4, 0.5) is 11.4 Å². The van der Waals surface area contributed by atoms with Gasteiger partial charge < -0.3 is 20.7 Å². The normalized spacial score (nSPS) is 17.8. The van der Waals surface area contributed by atoms with Crippen molar-refractivity contribution in [2.45, 2.75) is 57.7 Å². The van der Waals surface area contributed by atoms with Gasteiger partial charge in [-0.15, -0.1) is 0 Å². The average Bonchev–Trinajstić information content (AvgIpc) is 3.62. The Morgan fingerprint density at radius 1 is 0.828 bits per heavy atom. The fourth-order valence-corrected chi connectivity index (χ4v) is 4.41. The summed E-state index contributed by atoms with van der Waals surface area (Å²) in [5.41, 5.74) is 7.31. The van der Waals surface area contributed by atoms with Gasteiger partial charge >= 0.3 is 7.12 Å². The van der Waals surface area contributed by atoms with Gasteiger partial charge in [-0.05, 0) is 72.3 Å². The fraction of sp³-hybridized carbons (Fsp3) is 0.478. The van der Waals surface area contributed by atoms with Crippen molar-refractivity contribution in [3.63, 3.8) is 0 Å². The number of hydrogen-bond acceptors (Lipinski definition) is 4. The Labute approximate surface area is 183 Å². The van der Waals surface area contributed by atoms with Crippen LogP contribution in [0.25, 0.3) is 0 Å². The van der Waals surface area contributed by atoms with Crippen molar-refractivity contribution in [1.82, 2.24) is 0 Å². The van der Waals surface area contributed by atoms with E-state index < -0.39 is 7.12 Å². The van der Waals surface area contributed by atoms with Crippen LogP contribution in [0.5, 0.6) is 0 Å². The van der Waals surface area contributed by atoms with Gasteiger partial charge in [0.1, 0.15) is 0 Å². The van der Waals surface area contributed by atoms with E-state index in [1.807, 2.05) is 0 Å².